The molecule has 1 aliphatic rings. The monoisotopic (exact) mass is 738 g/mol. The number of nitrogens with two attached hydrogens (primary N) is 1. The van der Waals surface area contributed by atoms with Crippen molar-refractivity contribution in [2.24, 2.45) is 5.92 Å². The molecule has 2 heterocycles. The average Bonchev–Trinajstić information content (AvgIpc) is 3.44. The number of unbranched alkanes of at least 4 members (excludes halogenated alkanes) is 4. The summed E-state index contributed by atoms with van der Waals surface area (Å²) in [6.07, 6.45) is 7.69. The van der Waals surface area contributed by atoms with E-state index in [0.29, 0.717) is 42.7 Å². The van der Waals surface area contributed by atoms with Crippen LogP contribution in [0.15, 0.2) is 35.1 Å². The highest BCUT2D eigenvalue weighted by Gasteiger charge is 2.39. The first-order valence-corrected chi connectivity index (χ1v) is 18.3. The Kier molecular flexibility index (Phi) is 13.8. The minimum absolute atomic E-state index is 0.00477. The van der Waals surface area contributed by atoms with Gasteiger partial charge in [0.1, 0.15) is 11.8 Å². The highest BCUT2D eigenvalue weighted by atomic mass is 79.9. The molecule has 1 aliphatic carbocycles. The molecule has 1 aromatic carbocycles. The van der Waals surface area contributed by atoms with Crippen molar-refractivity contribution in [1.82, 2.24) is 24.6 Å². The molecule has 0 aliphatic heterocycles. The highest BCUT2D eigenvalue weighted by Crippen LogP contribution is 2.48. The van der Waals surface area contributed by atoms with Gasteiger partial charge < -0.3 is 29.0 Å². The van der Waals surface area contributed by atoms with Crippen LogP contribution >= 0.6 is 23.7 Å². The molecule has 47 heavy (non-hydrogen) atoms. The molecule has 14 nitrogen and oxygen atoms in total. The molecule has 1 unspecified atom stereocenters. The molecule has 16 heteroatoms. The topological polar surface area (TPSA) is 179 Å². The molecule has 3 aromatic rings. The van der Waals surface area contributed by atoms with Crippen LogP contribution in [0, 0.1) is 5.92 Å². The number of aromatic nitrogens is 4. The normalized spacial score (nSPS) is 17.8. The van der Waals surface area contributed by atoms with Crippen molar-refractivity contribution in [3.05, 3.63) is 35.1 Å². The van der Waals surface area contributed by atoms with E-state index in [1.807, 2.05) is 18.4 Å². The predicted molar refractivity (Wildman–Crippen MR) is 179 cm³/mol. The van der Waals surface area contributed by atoms with E-state index < -0.39 is 32.1 Å². The highest BCUT2D eigenvalue weighted by molar-refractivity contribution is 9.10. The lowest BCUT2D eigenvalue weighted by Crippen LogP contribution is -2.40. The van der Waals surface area contributed by atoms with E-state index in [9.17, 15) is 14.2 Å². The Bertz CT molecular complexity index is 1520. The third-order valence-corrected chi connectivity index (χ3v) is 9.79. The van der Waals surface area contributed by atoms with Crippen molar-refractivity contribution in [3.63, 3.8) is 0 Å². The number of benzene rings is 1. The molecule has 0 spiro atoms. The van der Waals surface area contributed by atoms with Crippen LogP contribution in [0.4, 0.5) is 5.95 Å². The summed E-state index contributed by atoms with van der Waals surface area (Å²) in [5.74, 6) is -0.715. The van der Waals surface area contributed by atoms with E-state index in [2.05, 4.69) is 36.0 Å². The number of nitrogen functional groups attached to an aromatic ring is 1. The van der Waals surface area contributed by atoms with Gasteiger partial charge in [0, 0.05) is 10.5 Å². The number of halogens is 1. The van der Waals surface area contributed by atoms with Gasteiger partial charge in [-0.15, -0.1) is 0 Å². The van der Waals surface area contributed by atoms with Gasteiger partial charge in [0.2, 0.25) is 11.8 Å². The van der Waals surface area contributed by atoms with E-state index in [1.54, 1.807) is 30.6 Å². The van der Waals surface area contributed by atoms with Gasteiger partial charge in [-0.1, -0.05) is 55.5 Å². The first-order chi connectivity index (χ1) is 22.6. The van der Waals surface area contributed by atoms with E-state index in [4.69, 9.17) is 29.0 Å². The second kappa shape index (κ2) is 17.8. The van der Waals surface area contributed by atoms with Gasteiger partial charge in [0.05, 0.1) is 39.7 Å². The summed E-state index contributed by atoms with van der Waals surface area (Å²) >= 11 is 3.38. The van der Waals surface area contributed by atoms with E-state index in [0.717, 1.165) is 30.2 Å². The molecule has 0 saturated heterocycles. The van der Waals surface area contributed by atoms with Crippen molar-refractivity contribution in [1.29, 1.82) is 0 Å². The molecule has 4 rings (SSSR count). The standard InChI is InChI=1S/C31H44BrN6O8P/c1-4-6-8-14-43-26(39)18-25(30(40)44-15-9-7-5-2)37-47(41,46-24-12-10-22(32)11-13-24)45-19-21-16-23(17-21)38-20-34-27-28(38)35-31(33)36-29(27)42-3/h10-13,20-21,23,25H,4-9,14-19H2,1-3H3,(H,37,41)(H2,33,35,36)/t21?,23?,25-,47?/m0/s1. The molecule has 2 atom stereocenters. The minimum Gasteiger partial charge on any atom is -0.479 e. The molecule has 3 N–H and O–H groups in total. The lowest BCUT2D eigenvalue weighted by Gasteiger charge is -2.36. The summed E-state index contributed by atoms with van der Waals surface area (Å²) in [5.41, 5.74) is 6.94. The summed E-state index contributed by atoms with van der Waals surface area (Å²) < 4.78 is 44.9. The number of imidazole rings is 1. The van der Waals surface area contributed by atoms with Gasteiger partial charge in [-0.2, -0.15) is 15.1 Å². The van der Waals surface area contributed by atoms with Gasteiger partial charge >= 0.3 is 19.7 Å². The smallest absolute Gasteiger partial charge is 0.459 e. The van der Waals surface area contributed by atoms with E-state index in [1.165, 1.54) is 7.11 Å². The summed E-state index contributed by atoms with van der Waals surface area (Å²) in [4.78, 5) is 38.7. The number of fused-ring (bicyclic) bond motifs is 1. The van der Waals surface area contributed by atoms with Crippen molar-refractivity contribution in [2.75, 3.05) is 32.7 Å². The lowest BCUT2D eigenvalue weighted by atomic mass is 9.81. The van der Waals surface area contributed by atoms with Crippen LogP contribution in [-0.2, 0) is 28.2 Å². The Balaban J connectivity index is 1.46. The third kappa shape index (κ3) is 10.6. The number of ether oxygens (including phenoxy) is 3. The zero-order valence-corrected chi connectivity index (χ0v) is 29.5. The number of nitrogens with zero attached hydrogens (tertiary/aromatic N) is 4. The maximum atomic E-state index is 14.3. The van der Waals surface area contributed by atoms with Gasteiger partial charge in [-0.3, -0.25) is 14.1 Å². The zero-order chi connectivity index (χ0) is 33.8. The fraction of sp³-hybridized carbons (Fsp3) is 0.581. The molecule has 258 valence electrons. The quantitative estimate of drug-likeness (QED) is 0.0767. The Morgan fingerprint density at radius 3 is 2.40 bits per heavy atom. The average molecular weight is 740 g/mol. The maximum absolute atomic E-state index is 14.3. The molecule has 0 bridgehead atoms. The van der Waals surface area contributed by atoms with Crippen molar-refractivity contribution in [2.45, 2.75) is 83.7 Å². The minimum atomic E-state index is -4.22. The van der Waals surface area contributed by atoms with Crippen LogP contribution in [0.2, 0.25) is 0 Å². The number of carbonyl (C=O) groups excluding carboxylic acids is 2. The van der Waals surface area contributed by atoms with Crippen molar-refractivity contribution in [3.8, 4) is 11.6 Å². The largest absolute Gasteiger partial charge is 0.479 e. The van der Waals surface area contributed by atoms with Gasteiger partial charge in [-0.05, 0) is 55.9 Å². The fourth-order valence-corrected chi connectivity index (χ4v) is 6.90. The second-order valence-corrected chi connectivity index (χ2v) is 14.0. The Hall–Kier alpha value is -3.26. The second-order valence-electron chi connectivity index (χ2n) is 11.4. The fourth-order valence-electron chi connectivity index (χ4n) is 5.07. The Labute approximate surface area is 283 Å². The molecular formula is C31H44BrN6O8P. The summed E-state index contributed by atoms with van der Waals surface area (Å²) in [5, 5.41) is 2.72. The first kappa shape index (κ1) is 36.6. The number of methoxy groups -OCH3 is 1. The Morgan fingerprint density at radius 2 is 1.74 bits per heavy atom. The van der Waals surface area contributed by atoms with Crippen molar-refractivity contribution < 1.29 is 37.4 Å². The van der Waals surface area contributed by atoms with Crippen LogP contribution in [-0.4, -0.2) is 64.4 Å². The molecule has 1 fully saturated rings. The van der Waals surface area contributed by atoms with Gasteiger partial charge in [0.15, 0.2) is 11.2 Å². The number of hydrogen-bond acceptors (Lipinski definition) is 12. The summed E-state index contributed by atoms with van der Waals surface area (Å²) in [7, 11) is -2.73. The molecular weight excluding hydrogens is 695 g/mol. The van der Waals surface area contributed by atoms with Crippen molar-refractivity contribution >= 4 is 52.7 Å². The van der Waals surface area contributed by atoms with Crippen LogP contribution in [0.3, 0.4) is 0 Å². The van der Waals surface area contributed by atoms with Crippen LogP contribution in [0.25, 0.3) is 11.2 Å². The SMILES string of the molecule is CCCCCOC(=O)C[C@H](NP(=O)(OCC1CC(n2cnc3c(OC)nc(N)nc32)C1)Oc1ccc(Br)cc1)C(=O)OCCCCC. The summed E-state index contributed by atoms with van der Waals surface area (Å²) in [6, 6.07) is 5.41. The van der Waals surface area contributed by atoms with Gasteiger partial charge in [0.25, 0.3) is 0 Å². The van der Waals surface area contributed by atoms with Crippen LogP contribution < -0.4 is 20.1 Å². The number of anilines is 1. The molecule has 0 amide bonds. The van der Waals surface area contributed by atoms with E-state index >= 15 is 0 Å². The maximum Gasteiger partial charge on any atom is 0.459 e. The van der Waals surface area contributed by atoms with Gasteiger partial charge in [-0.25, -0.2) is 9.55 Å². The summed E-state index contributed by atoms with van der Waals surface area (Å²) in [6.45, 7) is 4.55. The predicted octanol–water partition coefficient (Wildman–Crippen LogP) is 6.15. The number of nitrogens with one attached hydrogen (secondary N) is 1. The molecule has 0 radical (unpaired) electrons. The first-order valence-electron chi connectivity index (χ1n) is 16.0. The number of esters is 2. The number of hydrogen-bond donors (Lipinski definition) is 2. The Morgan fingerprint density at radius 1 is 1.06 bits per heavy atom. The van der Waals surface area contributed by atoms with Crippen LogP contribution in [0.5, 0.6) is 11.6 Å². The number of carbonyl (C=O) groups is 2. The van der Waals surface area contributed by atoms with E-state index in [-0.39, 0.29) is 43.5 Å². The number of rotatable bonds is 20. The lowest BCUT2D eigenvalue weighted by molar-refractivity contribution is -0.152. The third-order valence-electron chi connectivity index (χ3n) is 7.70. The van der Waals surface area contributed by atoms with Crippen LogP contribution in [0.1, 0.15) is 77.7 Å². The molecule has 2 aromatic heterocycles. The molecule has 1 saturated carbocycles. The zero-order valence-electron chi connectivity index (χ0n) is 27.1.